The topological polar surface area (TPSA) is 130 Å². The Bertz CT molecular complexity index is 1230. The third-order valence-electron chi connectivity index (χ3n) is 6.72. The molecule has 1 saturated heterocycles. The zero-order valence-corrected chi connectivity index (χ0v) is 18.8. The number of aryl methyl sites for hydroxylation is 1. The summed E-state index contributed by atoms with van der Waals surface area (Å²) >= 11 is 0. The maximum Gasteiger partial charge on any atom is 0.276 e. The first-order chi connectivity index (χ1) is 15.9. The zero-order chi connectivity index (χ0) is 23.1. The van der Waals surface area contributed by atoms with E-state index in [1.807, 2.05) is 18.2 Å². The van der Waals surface area contributed by atoms with Crippen molar-refractivity contribution in [2.45, 2.75) is 51.2 Å². The highest BCUT2D eigenvalue weighted by molar-refractivity contribution is 6.09. The Morgan fingerprint density at radius 2 is 2.15 bits per heavy atom. The molecule has 0 saturated carbocycles. The van der Waals surface area contributed by atoms with Gasteiger partial charge in [0.25, 0.3) is 5.91 Å². The van der Waals surface area contributed by atoms with Crippen LogP contribution in [0, 0.1) is 0 Å². The predicted molar refractivity (Wildman–Crippen MR) is 130 cm³/mol. The quantitative estimate of drug-likeness (QED) is 0.485. The van der Waals surface area contributed by atoms with Gasteiger partial charge in [0.15, 0.2) is 5.69 Å². The second kappa shape index (κ2) is 8.61. The first kappa shape index (κ1) is 21.6. The Morgan fingerprint density at radius 1 is 1.30 bits per heavy atom. The molecule has 0 bridgehead atoms. The van der Waals surface area contributed by atoms with Crippen LogP contribution in [0.2, 0.25) is 0 Å². The lowest BCUT2D eigenvalue weighted by Crippen LogP contribution is -2.43. The van der Waals surface area contributed by atoms with Crippen molar-refractivity contribution < 1.29 is 9.90 Å². The van der Waals surface area contributed by atoms with Gasteiger partial charge in [0, 0.05) is 30.1 Å². The molecule has 0 spiro atoms. The minimum Gasteiger partial charge on any atom is -0.397 e. The van der Waals surface area contributed by atoms with Crippen LogP contribution in [0.5, 0.6) is 0 Å². The molecule has 8 nitrogen and oxygen atoms in total. The molecule has 1 aliphatic heterocycles. The summed E-state index contributed by atoms with van der Waals surface area (Å²) in [6.45, 7) is 3.63. The first-order valence-corrected chi connectivity index (χ1v) is 11.7. The van der Waals surface area contributed by atoms with E-state index in [4.69, 9.17) is 11.5 Å². The summed E-state index contributed by atoms with van der Waals surface area (Å²) in [5.74, 6) is -0.376. The molecule has 8 heteroatoms. The minimum atomic E-state index is -0.576. The van der Waals surface area contributed by atoms with Crippen molar-refractivity contribution in [1.29, 1.82) is 0 Å². The number of rotatable bonds is 4. The molecule has 3 heterocycles. The summed E-state index contributed by atoms with van der Waals surface area (Å²) in [5.41, 5.74) is 18.1. The van der Waals surface area contributed by atoms with E-state index in [0.717, 1.165) is 53.5 Å². The van der Waals surface area contributed by atoms with Gasteiger partial charge in [-0.1, -0.05) is 19.1 Å². The van der Waals surface area contributed by atoms with Crippen LogP contribution in [0.4, 0.5) is 17.1 Å². The molecule has 3 aromatic rings. The number of nitrogens with two attached hydrogens (primary N) is 2. The Hall–Kier alpha value is -3.23. The number of amides is 1. The van der Waals surface area contributed by atoms with Gasteiger partial charge in [-0.05, 0) is 49.8 Å². The normalized spacial score (nSPS) is 20.2. The summed E-state index contributed by atoms with van der Waals surface area (Å²) in [7, 11) is 0. The van der Waals surface area contributed by atoms with Crippen LogP contribution >= 0.6 is 0 Å². The van der Waals surface area contributed by atoms with Crippen molar-refractivity contribution in [2.75, 3.05) is 29.0 Å². The molecule has 1 aliphatic carbocycles. The summed E-state index contributed by atoms with van der Waals surface area (Å²) in [5, 5.41) is 14.3. The highest BCUT2D eigenvalue weighted by Crippen LogP contribution is 2.41. The lowest BCUT2D eigenvalue weighted by molar-refractivity contribution is 0.102. The monoisotopic (exact) mass is 446 g/mol. The van der Waals surface area contributed by atoms with Gasteiger partial charge in [-0.3, -0.25) is 9.78 Å². The van der Waals surface area contributed by atoms with E-state index in [1.165, 1.54) is 0 Å². The molecule has 2 aromatic heterocycles. The standard InChI is InChI=1S/C25H30N6O2/c1-2-14-5-6-15-11-18(27)23(29-19(15)10-14)25(33)30-20-12-28-22-17(7-8-21(22)32)24(20)31-9-3-4-16(26)13-31/h5-6,10-12,16,21,32H,2-4,7-9,13,26-27H2,1H3,(H,30,33)/t16-,21+/m0/s1. The molecule has 5 rings (SSSR count). The van der Waals surface area contributed by atoms with Crippen molar-refractivity contribution in [1.82, 2.24) is 9.97 Å². The van der Waals surface area contributed by atoms with Crippen LogP contribution in [0.3, 0.4) is 0 Å². The third kappa shape index (κ3) is 4.00. The highest BCUT2D eigenvalue weighted by atomic mass is 16.3. The summed E-state index contributed by atoms with van der Waals surface area (Å²) < 4.78 is 0. The van der Waals surface area contributed by atoms with Crippen molar-refractivity contribution in [3.63, 3.8) is 0 Å². The molecule has 2 atom stereocenters. The molecule has 1 aromatic carbocycles. The van der Waals surface area contributed by atoms with Gasteiger partial charge < -0.3 is 26.8 Å². The summed E-state index contributed by atoms with van der Waals surface area (Å²) in [4.78, 5) is 24.6. The molecule has 1 fully saturated rings. The number of piperidine rings is 1. The molecule has 172 valence electrons. The highest BCUT2D eigenvalue weighted by Gasteiger charge is 2.31. The van der Waals surface area contributed by atoms with Gasteiger partial charge in [0.2, 0.25) is 0 Å². The molecular weight excluding hydrogens is 416 g/mol. The number of carbonyl (C=O) groups is 1. The Balaban J connectivity index is 1.53. The van der Waals surface area contributed by atoms with Gasteiger partial charge in [-0.25, -0.2) is 4.98 Å². The number of anilines is 3. The van der Waals surface area contributed by atoms with E-state index in [2.05, 4.69) is 27.1 Å². The van der Waals surface area contributed by atoms with E-state index >= 15 is 0 Å². The van der Waals surface area contributed by atoms with Crippen molar-refractivity contribution in [3.8, 4) is 0 Å². The SMILES string of the molecule is CCc1ccc2cc(N)c(C(=O)Nc3cnc4c(c3N3CCC[C@H](N)C3)CC[C@H]4O)nc2c1. The number of hydrogen-bond donors (Lipinski definition) is 4. The van der Waals surface area contributed by atoms with Gasteiger partial charge in [0.1, 0.15) is 0 Å². The van der Waals surface area contributed by atoms with Crippen LogP contribution in [-0.2, 0) is 12.8 Å². The van der Waals surface area contributed by atoms with Gasteiger partial charge in [0.05, 0.1) is 40.6 Å². The maximum absolute atomic E-state index is 13.3. The van der Waals surface area contributed by atoms with Crippen LogP contribution in [0.25, 0.3) is 10.9 Å². The second-order valence-corrected chi connectivity index (χ2v) is 9.05. The fourth-order valence-electron chi connectivity index (χ4n) is 4.99. The molecule has 0 unspecified atom stereocenters. The van der Waals surface area contributed by atoms with Gasteiger partial charge in [-0.2, -0.15) is 0 Å². The number of pyridine rings is 2. The molecule has 0 radical (unpaired) electrons. The Labute approximate surface area is 193 Å². The fourth-order valence-corrected chi connectivity index (χ4v) is 4.99. The lowest BCUT2D eigenvalue weighted by Gasteiger charge is -2.35. The molecular formula is C25H30N6O2. The number of aliphatic hydroxyl groups is 1. The van der Waals surface area contributed by atoms with E-state index in [9.17, 15) is 9.90 Å². The van der Waals surface area contributed by atoms with E-state index < -0.39 is 6.10 Å². The van der Waals surface area contributed by atoms with E-state index in [-0.39, 0.29) is 17.6 Å². The average Bonchev–Trinajstić information content (AvgIpc) is 3.18. The Kier molecular flexibility index (Phi) is 5.64. The number of benzene rings is 1. The first-order valence-electron chi connectivity index (χ1n) is 11.7. The number of fused-ring (bicyclic) bond motifs is 2. The molecule has 2 aliphatic rings. The average molecular weight is 447 g/mol. The number of aliphatic hydroxyl groups excluding tert-OH is 1. The largest absolute Gasteiger partial charge is 0.397 e. The summed E-state index contributed by atoms with van der Waals surface area (Å²) in [6.07, 6.45) is 5.24. The lowest BCUT2D eigenvalue weighted by atomic mass is 10.0. The molecule has 33 heavy (non-hydrogen) atoms. The summed E-state index contributed by atoms with van der Waals surface area (Å²) in [6, 6.07) is 7.88. The third-order valence-corrected chi connectivity index (χ3v) is 6.72. The van der Waals surface area contributed by atoms with Crippen LogP contribution in [0.1, 0.15) is 59.6 Å². The molecule has 6 N–H and O–H groups in total. The van der Waals surface area contributed by atoms with Crippen LogP contribution in [0.15, 0.2) is 30.5 Å². The van der Waals surface area contributed by atoms with Crippen molar-refractivity contribution >= 4 is 33.9 Å². The smallest absolute Gasteiger partial charge is 0.276 e. The number of hydrogen-bond acceptors (Lipinski definition) is 7. The zero-order valence-electron chi connectivity index (χ0n) is 18.8. The maximum atomic E-state index is 13.3. The fraction of sp³-hybridized carbons (Fsp3) is 0.400. The van der Waals surface area contributed by atoms with Gasteiger partial charge in [-0.15, -0.1) is 0 Å². The van der Waals surface area contributed by atoms with Crippen molar-refractivity contribution in [3.05, 3.63) is 53.0 Å². The number of nitrogen functional groups attached to an aromatic ring is 1. The van der Waals surface area contributed by atoms with E-state index in [0.29, 0.717) is 36.5 Å². The minimum absolute atomic E-state index is 0.0722. The van der Waals surface area contributed by atoms with Crippen LogP contribution < -0.4 is 21.7 Å². The Morgan fingerprint density at radius 3 is 2.94 bits per heavy atom. The van der Waals surface area contributed by atoms with Crippen molar-refractivity contribution in [2.24, 2.45) is 5.73 Å². The van der Waals surface area contributed by atoms with Crippen LogP contribution in [-0.4, -0.2) is 40.1 Å². The number of aromatic nitrogens is 2. The number of carbonyl (C=O) groups excluding carboxylic acids is 1. The van der Waals surface area contributed by atoms with Gasteiger partial charge >= 0.3 is 0 Å². The van der Waals surface area contributed by atoms with E-state index in [1.54, 1.807) is 12.3 Å². The number of nitrogens with one attached hydrogen (secondary N) is 1. The molecule has 1 amide bonds. The predicted octanol–water partition coefficient (Wildman–Crippen LogP) is 2.93. The number of nitrogens with zero attached hydrogens (tertiary/aromatic N) is 3. The second-order valence-electron chi connectivity index (χ2n) is 9.05.